The molecule has 0 saturated heterocycles. The van der Waals surface area contributed by atoms with Crippen LogP contribution in [0.3, 0.4) is 0 Å². The molecule has 2 nitrogen and oxygen atoms in total. The lowest BCUT2D eigenvalue weighted by molar-refractivity contribution is 0.482. The van der Waals surface area contributed by atoms with E-state index in [2.05, 4.69) is 15.9 Å². The number of hydrogen-bond acceptors (Lipinski definition) is 2. The highest BCUT2D eigenvalue weighted by Crippen LogP contribution is 2.33. The first-order chi connectivity index (χ1) is 8.60. The van der Waals surface area contributed by atoms with Crippen molar-refractivity contribution in [1.29, 1.82) is 0 Å². The minimum absolute atomic E-state index is 0.400. The minimum atomic E-state index is 0.400. The van der Waals surface area contributed by atoms with Gasteiger partial charge in [-0.25, -0.2) is 0 Å². The lowest BCUT2D eigenvalue weighted by Crippen LogP contribution is -1.97. The zero-order valence-electron chi connectivity index (χ0n) is 9.29. The van der Waals surface area contributed by atoms with Gasteiger partial charge in [0.2, 0.25) is 0 Å². The molecule has 2 rings (SSSR count). The van der Waals surface area contributed by atoms with Gasteiger partial charge in [0.15, 0.2) is 0 Å². The van der Waals surface area contributed by atoms with Crippen LogP contribution in [0.5, 0.6) is 11.5 Å². The summed E-state index contributed by atoms with van der Waals surface area (Å²) in [7, 11) is 0. The number of nitrogens with two attached hydrogens (primary N) is 1. The monoisotopic (exact) mass is 345 g/mol. The highest BCUT2D eigenvalue weighted by Gasteiger charge is 2.06. The van der Waals surface area contributed by atoms with Crippen LogP contribution in [-0.2, 0) is 6.54 Å². The van der Waals surface area contributed by atoms with E-state index in [-0.39, 0.29) is 0 Å². The van der Waals surface area contributed by atoms with Gasteiger partial charge in [0, 0.05) is 16.0 Å². The molecule has 0 spiro atoms. The molecular weight excluding hydrogens is 337 g/mol. The van der Waals surface area contributed by atoms with Gasteiger partial charge in [-0.3, -0.25) is 0 Å². The summed E-state index contributed by atoms with van der Waals surface area (Å²) in [6.45, 7) is 0.400. The van der Waals surface area contributed by atoms with Crippen molar-refractivity contribution in [2.45, 2.75) is 6.54 Å². The Morgan fingerprint density at radius 1 is 1.06 bits per heavy atom. The van der Waals surface area contributed by atoms with E-state index < -0.39 is 0 Å². The largest absolute Gasteiger partial charge is 0.456 e. The molecule has 0 aliphatic heterocycles. The second kappa shape index (κ2) is 5.93. The van der Waals surface area contributed by atoms with Crippen LogP contribution < -0.4 is 10.5 Å². The fraction of sp³-hybridized carbons (Fsp3) is 0.0769. The maximum absolute atomic E-state index is 6.06. The number of benzene rings is 2. The molecular formula is C13H10BrCl2NO. The van der Waals surface area contributed by atoms with Gasteiger partial charge in [-0.15, -0.1) is 0 Å². The standard InChI is InChI=1S/C13H10BrCl2NO/c14-9-2-4-11(15)13(5-9)18-10-3-1-8(7-17)12(16)6-10/h1-6H,7,17H2. The fourth-order valence-electron chi connectivity index (χ4n) is 1.44. The number of rotatable bonds is 3. The van der Waals surface area contributed by atoms with Gasteiger partial charge < -0.3 is 10.5 Å². The van der Waals surface area contributed by atoms with Crippen LogP contribution in [0.25, 0.3) is 0 Å². The van der Waals surface area contributed by atoms with Gasteiger partial charge in [-0.1, -0.05) is 45.2 Å². The molecule has 0 aliphatic carbocycles. The maximum atomic E-state index is 6.06. The van der Waals surface area contributed by atoms with E-state index in [0.717, 1.165) is 10.0 Å². The maximum Gasteiger partial charge on any atom is 0.147 e. The first-order valence-corrected chi connectivity index (χ1v) is 6.76. The summed E-state index contributed by atoms with van der Waals surface area (Å²) >= 11 is 15.5. The molecule has 2 aromatic rings. The minimum Gasteiger partial charge on any atom is -0.456 e. The molecule has 2 aromatic carbocycles. The summed E-state index contributed by atoms with van der Waals surface area (Å²) in [5, 5.41) is 1.12. The molecule has 0 saturated carbocycles. The molecule has 0 aromatic heterocycles. The van der Waals surface area contributed by atoms with E-state index in [9.17, 15) is 0 Å². The first-order valence-electron chi connectivity index (χ1n) is 5.21. The van der Waals surface area contributed by atoms with Crippen LogP contribution in [0.15, 0.2) is 40.9 Å². The summed E-state index contributed by atoms with van der Waals surface area (Å²) in [5.41, 5.74) is 6.42. The van der Waals surface area contributed by atoms with Crippen LogP contribution in [0.4, 0.5) is 0 Å². The second-order valence-corrected chi connectivity index (χ2v) is 5.36. The van der Waals surface area contributed by atoms with Crippen LogP contribution in [0.1, 0.15) is 5.56 Å². The predicted octanol–water partition coefficient (Wildman–Crippen LogP) is 5.01. The zero-order chi connectivity index (χ0) is 13.1. The molecule has 0 aliphatic rings. The summed E-state index contributed by atoms with van der Waals surface area (Å²) in [6.07, 6.45) is 0. The van der Waals surface area contributed by atoms with E-state index in [0.29, 0.717) is 28.1 Å². The number of halogens is 3. The van der Waals surface area contributed by atoms with Crippen molar-refractivity contribution in [1.82, 2.24) is 0 Å². The van der Waals surface area contributed by atoms with Crippen LogP contribution in [0.2, 0.25) is 10.0 Å². The molecule has 0 amide bonds. The van der Waals surface area contributed by atoms with Gasteiger partial charge in [0.1, 0.15) is 11.5 Å². The van der Waals surface area contributed by atoms with Gasteiger partial charge in [-0.2, -0.15) is 0 Å². The molecule has 0 fully saturated rings. The molecule has 0 radical (unpaired) electrons. The normalized spacial score (nSPS) is 10.4. The van der Waals surface area contributed by atoms with Crippen molar-refractivity contribution in [3.63, 3.8) is 0 Å². The molecule has 0 atom stereocenters. The topological polar surface area (TPSA) is 35.2 Å². The average molecular weight is 347 g/mol. The van der Waals surface area contributed by atoms with Crippen molar-refractivity contribution < 1.29 is 4.74 Å². The summed E-state index contributed by atoms with van der Waals surface area (Å²) < 4.78 is 6.58. The Morgan fingerprint density at radius 3 is 2.50 bits per heavy atom. The Morgan fingerprint density at radius 2 is 1.83 bits per heavy atom. The van der Waals surface area contributed by atoms with E-state index in [1.807, 2.05) is 18.2 Å². The predicted molar refractivity (Wildman–Crippen MR) is 78.6 cm³/mol. The van der Waals surface area contributed by atoms with Crippen molar-refractivity contribution in [2.24, 2.45) is 5.73 Å². The lowest BCUT2D eigenvalue weighted by Gasteiger charge is -2.09. The second-order valence-electron chi connectivity index (χ2n) is 3.63. The number of hydrogen-bond donors (Lipinski definition) is 1. The van der Waals surface area contributed by atoms with E-state index >= 15 is 0 Å². The van der Waals surface area contributed by atoms with Gasteiger partial charge in [-0.05, 0) is 35.9 Å². The molecule has 18 heavy (non-hydrogen) atoms. The molecule has 94 valence electrons. The van der Waals surface area contributed by atoms with E-state index in [4.69, 9.17) is 33.7 Å². The smallest absolute Gasteiger partial charge is 0.147 e. The van der Waals surface area contributed by atoms with Gasteiger partial charge >= 0.3 is 0 Å². The SMILES string of the molecule is NCc1ccc(Oc2cc(Br)ccc2Cl)cc1Cl. The highest BCUT2D eigenvalue weighted by molar-refractivity contribution is 9.10. The Labute approximate surface area is 124 Å². The van der Waals surface area contributed by atoms with Crippen molar-refractivity contribution in [2.75, 3.05) is 0 Å². The molecule has 5 heteroatoms. The first kappa shape index (κ1) is 13.7. The third kappa shape index (κ3) is 3.18. The van der Waals surface area contributed by atoms with Crippen LogP contribution >= 0.6 is 39.1 Å². The molecule has 2 N–H and O–H groups in total. The Balaban J connectivity index is 2.28. The third-order valence-electron chi connectivity index (χ3n) is 2.37. The van der Waals surface area contributed by atoms with Gasteiger partial charge in [0.25, 0.3) is 0 Å². The highest BCUT2D eigenvalue weighted by atomic mass is 79.9. The summed E-state index contributed by atoms with van der Waals surface area (Å²) in [4.78, 5) is 0. The Hall–Kier alpha value is -0.740. The summed E-state index contributed by atoms with van der Waals surface area (Å²) in [6, 6.07) is 10.8. The molecule has 0 unspecified atom stereocenters. The van der Waals surface area contributed by atoms with E-state index in [1.165, 1.54) is 0 Å². The Kier molecular flexibility index (Phi) is 4.51. The fourth-order valence-corrected chi connectivity index (χ4v) is 2.18. The third-order valence-corrected chi connectivity index (χ3v) is 3.52. The lowest BCUT2D eigenvalue weighted by atomic mass is 10.2. The zero-order valence-corrected chi connectivity index (χ0v) is 12.4. The van der Waals surface area contributed by atoms with E-state index in [1.54, 1.807) is 18.2 Å². The quantitative estimate of drug-likeness (QED) is 0.848. The van der Waals surface area contributed by atoms with Crippen LogP contribution in [-0.4, -0.2) is 0 Å². The van der Waals surface area contributed by atoms with Crippen LogP contribution in [0, 0.1) is 0 Å². The Bertz CT molecular complexity index is 575. The van der Waals surface area contributed by atoms with Crippen molar-refractivity contribution >= 4 is 39.1 Å². The van der Waals surface area contributed by atoms with Gasteiger partial charge in [0.05, 0.1) is 5.02 Å². The van der Waals surface area contributed by atoms with Crippen molar-refractivity contribution in [3.05, 3.63) is 56.5 Å². The summed E-state index contributed by atoms with van der Waals surface area (Å²) in [5.74, 6) is 1.19. The molecule has 0 heterocycles. The molecule has 0 bridgehead atoms. The van der Waals surface area contributed by atoms with Crippen molar-refractivity contribution in [3.8, 4) is 11.5 Å². The average Bonchev–Trinajstić information content (AvgIpc) is 2.34. The number of ether oxygens (including phenoxy) is 1.